The largest absolute Gasteiger partial charge is 0.384 e. The van der Waals surface area contributed by atoms with Crippen molar-refractivity contribution in [3.05, 3.63) is 52.0 Å². The van der Waals surface area contributed by atoms with Crippen molar-refractivity contribution in [1.29, 1.82) is 0 Å². The van der Waals surface area contributed by atoms with E-state index in [0.717, 1.165) is 21.5 Å². The lowest BCUT2D eigenvalue weighted by atomic mass is 10.1. The Hall–Kier alpha value is -2.47. The Labute approximate surface area is 125 Å². The SMILES string of the molecule is Cc1ncsc1CNC(=O)c1cc(N)nc2ccccc12. The van der Waals surface area contributed by atoms with E-state index in [1.165, 1.54) is 11.3 Å². The van der Waals surface area contributed by atoms with Gasteiger partial charge in [0, 0.05) is 10.3 Å². The predicted molar refractivity (Wildman–Crippen MR) is 84.2 cm³/mol. The molecule has 3 N–H and O–H groups in total. The number of hydrogen-bond acceptors (Lipinski definition) is 5. The van der Waals surface area contributed by atoms with E-state index in [0.29, 0.717) is 17.9 Å². The number of benzene rings is 1. The van der Waals surface area contributed by atoms with E-state index in [-0.39, 0.29) is 5.91 Å². The van der Waals surface area contributed by atoms with E-state index in [2.05, 4.69) is 15.3 Å². The van der Waals surface area contributed by atoms with E-state index in [9.17, 15) is 4.79 Å². The van der Waals surface area contributed by atoms with Gasteiger partial charge in [0.2, 0.25) is 0 Å². The van der Waals surface area contributed by atoms with Crippen molar-refractivity contribution in [3.63, 3.8) is 0 Å². The van der Waals surface area contributed by atoms with Gasteiger partial charge in [-0.25, -0.2) is 9.97 Å². The normalized spacial score (nSPS) is 10.7. The Kier molecular flexibility index (Phi) is 3.53. The summed E-state index contributed by atoms with van der Waals surface area (Å²) in [6, 6.07) is 9.07. The fraction of sp³-hybridized carbons (Fsp3) is 0.133. The highest BCUT2D eigenvalue weighted by atomic mass is 32.1. The van der Waals surface area contributed by atoms with Gasteiger partial charge in [-0.1, -0.05) is 18.2 Å². The highest BCUT2D eigenvalue weighted by Crippen LogP contribution is 2.19. The van der Waals surface area contributed by atoms with Crippen LogP contribution in [0.4, 0.5) is 5.82 Å². The van der Waals surface area contributed by atoms with Crippen molar-refractivity contribution in [1.82, 2.24) is 15.3 Å². The summed E-state index contributed by atoms with van der Waals surface area (Å²) in [7, 11) is 0. The van der Waals surface area contributed by atoms with Gasteiger partial charge in [0.15, 0.2) is 0 Å². The molecule has 0 aliphatic rings. The van der Waals surface area contributed by atoms with Crippen molar-refractivity contribution in [3.8, 4) is 0 Å². The van der Waals surface area contributed by atoms with Crippen LogP contribution in [0.2, 0.25) is 0 Å². The van der Waals surface area contributed by atoms with Crippen LogP contribution in [0.1, 0.15) is 20.9 Å². The molecule has 0 unspecified atom stereocenters. The van der Waals surface area contributed by atoms with Crippen molar-refractivity contribution >= 4 is 34.0 Å². The van der Waals surface area contributed by atoms with Crippen LogP contribution in [0.5, 0.6) is 0 Å². The number of para-hydroxylation sites is 1. The molecule has 0 bridgehead atoms. The monoisotopic (exact) mass is 298 g/mol. The molecule has 3 aromatic rings. The van der Waals surface area contributed by atoms with E-state index in [1.54, 1.807) is 11.6 Å². The smallest absolute Gasteiger partial charge is 0.252 e. The van der Waals surface area contributed by atoms with Gasteiger partial charge in [0.25, 0.3) is 5.91 Å². The summed E-state index contributed by atoms with van der Waals surface area (Å²) in [6.45, 7) is 2.39. The zero-order chi connectivity index (χ0) is 14.8. The molecule has 0 spiro atoms. The van der Waals surface area contributed by atoms with Crippen LogP contribution >= 0.6 is 11.3 Å². The van der Waals surface area contributed by atoms with Gasteiger partial charge >= 0.3 is 0 Å². The van der Waals surface area contributed by atoms with E-state index >= 15 is 0 Å². The average molecular weight is 298 g/mol. The molecule has 2 heterocycles. The third-order valence-corrected chi connectivity index (χ3v) is 4.17. The molecule has 0 fully saturated rings. The lowest BCUT2D eigenvalue weighted by Gasteiger charge is -2.08. The number of nitrogens with zero attached hydrogens (tertiary/aromatic N) is 2. The number of nitrogen functional groups attached to an aromatic ring is 1. The van der Waals surface area contributed by atoms with Gasteiger partial charge in [-0.2, -0.15) is 0 Å². The van der Waals surface area contributed by atoms with Crippen molar-refractivity contribution in [2.45, 2.75) is 13.5 Å². The van der Waals surface area contributed by atoms with E-state index < -0.39 is 0 Å². The molecule has 0 saturated heterocycles. The van der Waals surface area contributed by atoms with Gasteiger partial charge in [0.05, 0.1) is 28.8 Å². The van der Waals surface area contributed by atoms with Crippen LogP contribution in [0.25, 0.3) is 10.9 Å². The molecule has 1 aromatic carbocycles. The number of anilines is 1. The molecule has 2 aromatic heterocycles. The first-order valence-electron chi connectivity index (χ1n) is 6.47. The molecular formula is C15H14N4OS. The second-order valence-corrected chi connectivity index (χ2v) is 5.59. The summed E-state index contributed by atoms with van der Waals surface area (Å²) < 4.78 is 0. The standard InChI is InChI=1S/C15H14N4OS/c1-9-13(21-8-18-9)7-17-15(20)11-6-14(16)19-12-5-3-2-4-10(11)12/h2-6,8H,7H2,1H3,(H2,16,19)(H,17,20). The number of carbonyl (C=O) groups is 1. The first-order chi connectivity index (χ1) is 10.1. The minimum atomic E-state index is -0.159. The summed E-state index contributed by atoms with van der Waals surface area (Å²) in [4.78, 5) is 21.9. The van der Waals surface area contributed by atoms with Gasteiger partial charge in [-0.3, -0.25) is 4.79 Å². The number of thiazole rings is 1. The van der Waals surface area contributed by atoms with Crippen molar-refractivity contribution in [2.24, 2.45) is 0 Å². The fourth-order valence-corrected chi connectivity index (χ4v) is 2.85. The first-order valence-corrected chi connectivity index (χ1v) is 7.35. The number of fused-ring (bicyclic) bond motifs is 1. The molecule has 21 heavy (non-hydrogen) atoms. The van der Waals surface area contributed by atoms with Gasteiger partial charge in [0.1, 0.15) is 5.82 Å². The molecule has 0 atom stereocenters. The van der Waals surface area contributed by atoms with Crippen LogP contribution in [0.3, 0.4) is 0 Å². The third kappa shape index (κ3) is 2.71. The van der Waals surface area contributed by atoms with E-state index in [1.807, 2.05) is 31.2 Å². The average Bonchev–Trinajstić information content (AvgIpc) is 2.89. The minimum Gasteiger partial charge on any atom is -0.384 e. The first kappa shape index (κ1) is 13.5. The zero-order valence-corrected chi connectivity index (χ0v) is 12.3. The molecule has 5 nitrogen and oxygen atoms in total. The highest BCUT2D eigenvalue weighted by molar-refractivity contribution is 7.09. The maximum atomic E-state index is 12.4. The molecule has 6 heteroatoms. The van der Waals surface area contributed by atoms with Crippen molar-refractivity contribution < 1.29 is 4.79 Å². The van der Waals surface area contributed by atoms with Crippen LogP contribution in [0, 0.1) is 6.92 Å². The van der Waals surface area contributed by atoms with Crippen LogP contribution in [-0.2, 0) is 6.54 Å². The predicted octanol–water partition coefficient (Wildman–Crippen LogP) is 2.51. The molecule has 0 saturated carbocycles. The molecule has 3 rings (SSSR count). The van der Waals surface area contributed by atoms with Gasteiger partial charge in [-0.05, 0) is 19.1 Å². The number of aryl methyl sites for hydroxylation is 1. The van der Waals surface area contributed by atoms with Crippen LogP contribution in [0.15, 0.2) is 35.8 Å². The quantitative estimate of drug-likeness (QED) is 0.778. The molecule has 0 aliphatic heterocycles. The summed E-state index contributed by atoms with van der Waals surface area (Å²) in [5, 5.41) is 3.71. The molecule has 106 valence electrons. The molecule has 0 aliphatic carbocycles. The maximum Gasteiger partial charge on any atom is 0.252 e. The Morgan fingerprint density at radius 1 is 1.38 bits per heavy atom. The molecule has 1 amide bonds. The Morgan fingerprint density at radius 2 is 2.19 bits per heavy atom. The highest BCUT2D eigenvalue weighted by Gasteiger charge is 2.12. The Morgan fingerprint density at radius 3 is 2.95 bits per heavy atom. The molecule has 0 radical (unpaired) electrons. The Balaban J connectivity index is 1.89. The number of hydrogen-bond donors (Lipinski definition) is 2. The summed E-state index contributed by atoms with van der Waals surface area (Å²) in [6.07, 6.45) is 0. The molecular weight excluding hydrogens is 284 g/mol. The second kappa shape index (κ2) is 5.49. The number of aromatic nitrogens is 2. The summed E-state index contributed by atoms with van der Waals surface area (Å²) in [5.41, 5.74) is 9.76. The number of nitrogens with two attached hydrogens (primary N) is 1. The fourth-order valence-electron chi connectivity index (χ4n) is 2.14. The Bertz CT molecular complexity index is 812. The maximum absolute atomic E-state index is 12.4. The van der Waals surface area contributed by atoms with Crippen LogP contribution in [-0.4, -0.2) is 15.9 Å². The second-order valence-electron chi connectivity index (χ2n) is 4.66. The lowest BCUT2D eigenvalue weighted by molar-refractivity contribution is 0.0953. The summed E-state index contributed by atoms with van der Waals surface area (Å²) >= 11 is 1.53. The van der Waals surface area contributed by atoms with Crippen LogP contribution < -0.4 is 11.1 Å². The van der Waals surface area contributed by atoms with Crippen molar-refractivity contribution in [2.75, 3.05) is 5.73 Å². The topological polar surface area (TPSA) is 80.9 Å². The number of carbonyl (C=O) groups excluding carboxylic acids is 1. The zero-order valence-electron chi connectivity index (χ0n) is 11.5. The number of nitrogens with one attached hydrogen (secondary N) is 1. The minimum absolute atomic E-state index is 0.159. The van der Waals surface area contributed by atoms with Gasteiger partial charge in [-0.15, -0.1) is 11.3 Å². The number of rotatable bonds is 3. The number of pyridine rings is 1. The lowest BCUT2D eigenvalue weighted by Crippen LogP contribution is -2.23. The number of amides is 1. The summed E-state index contributed by atoms with van der Waals surface area (Å²) in [5.74, 6) is 0.181. The third-order valence-electron chi connectivity index (χ3n) is 3.23. The van der Waals surface area contributed by atoms with Gasteiger partial charge < -0.3 is 11.1 Å². The van der Waals surface area contributed by atoms with E-state index in [4.69, 9.17) is 5.73 Å².